The minimum atomic E-state index is -1.46. The van der Waals surface area contributed by atoms with Crippen LogP contribution in [-0.4, -0.2) is 110 Å². The lowest BCUT2D eigenvalue weighted by atomic mass is 9.43. The molecule has 3 heterocycles. The highest BCUT2D eigenvalue weighted by Gasteiger charge is 2.63. The van der Waals surface area contributed by atoms with Gasteiger partial charge >= 0.3 is 0 Å². The molecule has 12 rings (SSSR count). The maximum atomic E-state index is 15.2. The van der Waals surface area contributed by atoms with Gasteiger partial charge < -0.3 is 62.0 Å². The molecule has 0 bridgehead atoms. The number of aromatic nitrogens is 1. The van der Waals surface area contributed by atoms with Crippen LogP contribution in [-0.2, 0) is 16.0 Å². The van der Waals surface area contributed by atoms with Crippen molar-refractivity contribution in [3.63, 3.8) is 0 Å². The van der Waals surface area contributed by atoms with Gasteiger partial charge in [0.05, 0.1) is 31.2 Å². The molecule has 16 atom stereocenters. The summed E-state index contributed by atoms with van der Waals surface area (Å²) in [6.07, 6.45) is 9.22. The minimum Gasteiger partial charge on any atom is -0.504 e. The molecule has 8 aliphatic rings. The zero-order valence-electron chi connectivity index (χ0n) is 46.5. The average Bonchev–Trinajstić information content (AvgIpc) is 4.32. The number of phenolic OH excluding ortho intramolecular Hbond substituents is 1. The first-order valence-electron chi connectivity index (χ1n) is 30.0. The molecular formula is C66H83N5O9. The number of aromatic hydroxyl groups is 1. The molecule has 0 amide bonds. The van der Waals surface area contributed by atoms with Crippen LogP contribution >= 0.6 is 0 Å². The number of benzene rings is 3. The maximum absolute atomic E-state index is 15.2. The Balaban J connectivity index is 0.878. The van der Waals surface area contributed by atoms with Crippen LogP contribution in [0.15, 0.2) is 90.4 Å². The molecule has 4 aromatic rings. The highest BCUT2D eigenvalue weighted by molar-refractivity contribution is 5.89. The topological polar surface area (TPSA) is 243 Å². The number of aromatic amines is 1. The average molecular weight is 1090 g/mol. The number of methoxy groups -OCH3 is 1. The number of piperidine rings is 1. The Kier molecular flexibility index (Phi) is 15.4. The first-order chi connectivity index (χ1) is 38.6. The van der Waals surface area contributed by atoms with E-state index in [0.717, 1.165) is 53.4 Å². The van der Waals surface area contributed by atoms with Gasteiger partial charge in [-0.1, -0.05) is 73.2 Å². The largest absolute Gasteiger partial charge is 0.504 e. The van der Waals surface area contributed by atoms with Gasteiger partial charge in [-0.2, -0.15) is 0 Å². The molecule has 1 spiro atoms. The molecule has 3 aromatic carbocycles. The third-order valence-electron chi connectivity index (χ3n) is 21.5. The van der Waals surface area contributed by atoms with E-state index >= 15 is 4.79 Å². The van der Waals surface area contributed by atoms with E-state index in [4.69, 9.17) is 10.5 Å². The number of aliphatic hydroxyl groups excluding tert-OH is 4. The second kappa shape index (κ2) is 22.3. The summed E-state index contributed by atoms with van der Waals surface area (Å²) < 4.78 is 5.59. The number of dihydropyridines is 1. The standard InChI is InChI=1S/C66H83N5O9/c1-65(19-5-6-20-65)71-35-50-60(44(12-14-59(78)79)49-34-70-51-31-43(72)30-48-45-18-24-69-64(45)63(50)62(49)61(48)51)42-16-22-66(57(77)28-42)21-15-40(47-33-54(75)55(80-2)27-39(47)11-13-56(66)76)26-52(73)53(74)32-46(41-17-23-68-58(67)29-41)38-10-9-36-7-3-4-8-37(36)25-38/h3-4,7-10,17-18,24-25,27,29,33,40,42,44,46,48-53,57,59-63,68-71,73-75,77-79H,5-6,11-14,16,19-20,22-23,26,28,30-32,34-35,67H2,1-2H3. The number of fused-ring (bicyclic) bond motifs is 5. The van der Waals surface area contributed by atoms with Crippen molar-refractivity contribution in [2.75, 3.05) is 26.7 Å². The second-order valence-electron chi connectivity index (χ2n) is 25.8. The number of carbonyl (C=O) groups excluding carboxylic acids is 2. The van der Waals surface area contributed by atoms with Crippen LogP contribution in [0.5, 0.6) is 11.5 Å². The number of phenols is 1. The fraction of sp³-hybridized carbons (Fsp3) is 0.576. The van der Waals surface area contributed by atoms with Crippen LogP contribution in [0.4, 0.5) is 0 Å². The van der Waals surface area contributed by atoms with Crippen LogP contribution in [0.1, 0.15) is 148 Å². The van der Waals surface area contributed by atoms with Crippen molar-refractivity contribution in [3.05, 3.63) is 118 Å². The van der Waals surface area contributed by atoms with Gasteiger partial charge in [-0.05, 0) is 194 Å². The zero-order chi connectivity index (χ0) is 55.6. The predicted molar refractivity (Wildman–Crippen MR) is 306 cm³/mol. The Morgan fingerprint density at radius 2 is 1.73 bits per heavy atom. The number of ketones is 2. The lowest BCUT2D eigenvalue weighted by Crippen LogP contribution is -2.66. The number of carbonyl (C=O) groups is 2. The zero-order valence-corrected chi connectivity index (χ0v) is 46.5. The van der Waals surface area contributed by atoms with Crippen LogP contribution in [0.25, 0.3) is 10.8 Å². The number of nitrogens with one attached hydrogen (secondary N) is 4. The van der Waals surface area contributed by atoms with Gasteiger partial charge in [0.15, 0.2) is 23.6 Å². The molecule has 5 fully saturated rings. The number of ether oxygens (including phenoxy) is 1. The molecular weight excluding hydrogens is 1010 g/mol. The third-order valence-corrected chi connectivity index (χ3v) is 21.5. The minimum absolute atomic E-state index is 0.00850. The van der Waals surface area contributed by atoms with Gasteiger partial charge in [0.2, 0.25) is 0 Å². The van der Waals surface area contributed by atoms with Crippen molar-refractivity contribution >= 4 is 22.3 Å². The first kappa shape index (κ1) is 55.1. The van der Waals surface area contributed by atoms with Crippen LogP contribution in [0.2, 0.25) is 0 Å². The first-order valence-corrected chi connectivity index (χ1v) is 30.0. The number of hydrogen-bond donors (Lipinski definition) is 11. The Morgan fingerprint density at radius 3 is 2.50 bits per heavy atom. The molecule has 2 aliphatic heterocycles. The number of allylic oxidation sites excluding steroid dienone is 2. The fourth-order valence-electron chi connectivity index (χ4n) is 17.7. The van der Waals surface area contributed by atoms with E-state index in [1.807, 2.05) is 18.2 Å². The van der Waals surface area contributed by atoms with Gasteiger partial charge in [0.1, 0.15) is 11.2 Å². The molecule has 0 radical (unpaired) electrons. The van der Waals surface area contributed by atoms with Crippen molar-refractivity contribution in [2.45, 2.75) is 163 Å². The van der Waals surface area contributed by atoms with Crippen LogP contribution in [0, 0.1) is 58.7 Å². The summed E-state index contributed by atoms with van der Waals surface area (Å²) in [5.74, 6) is 7.94. The smallest absolute Gasteiger partial charge is 0.160 e. The number of rotatable bonds is 15. The fourth-order valence-corrected chi connectivity index (χ4v) is 17.7. The predicted octanol–water partition coefficient (Wildman–Crippen LogP) is 7.19. The van der Waals surface area contributed by atoms with Crippen molar-refractivity contribution < 1.29 is 45.0 Å². The molecule has 14 nitrogen and oxygen atoms in total. The van der Waals surface area contributed by atoms with Crippen molar-refractivity contribution in [1.82, 2.24) is 20.9 Å². The SMILES string of the molecule is COc1cc2c(cc1O)C(CC(O)C(O)CC(C1=CCNC(N)=C1)c1ccc3ccccc3c1)C#CC1(CCC(C3C(CCC(O)O)C4CNC5CC(=O)CC6c7cc[nH]c7C(C3CNC3(C)CCCC3)C4C56)CC1O)C(=O)CC2. The summed E-state index contributed by atoms with van der Waals surface area (Å²) in [5, 5.41) is 83.3. The Hall–Kier alpha value is -5.50. The lowest BCUT2D eigenvalue weighted by Gasteiger charge is -2.64. The molecule has 4 saturated carbocycles. The van der Waals surface area contributed by atoms with Crippen molar-refractivity contribution in [1.29, 1.82) is 0 Å². The number of nitrogens with two attached hydrogens (primary N) is 1. The Labute approximate surface area is 470 Å². The highest BCUT2D eigenvalue weighted by atomic mass is 16.5. The molecule has 426 valence electrons. The lowest BCUT2D eigenvalue weighted by molar-refractivity contribution is -0.142. The molecule has 6 aliphatic carbocycles. The number of aryl methyl sites for hydroxylation is 1. The molecule has 14 heteroatoms. The van der Waals surface area contributed by atoms with Gasteiger partial charge in [0.25, 0.3) is 0 Å². The number of aliphatic hydroxyl groups is 5. The number of hydrogen-bond acceptors (Lipinski definition) is 13. The van der Waals surface area contributed by atoms with Crippen molar-refractivity contribution in [2.24, 2.45) is 52.6 Å². The van der Waals surface area contributed by atoms with Gasteiger partial charge in [-0.3, -0.25) is 9.59 Å². The normalized spacial score (nSPS) is 33.5. The second-order valence-corrected chi connectivity index (χ2v) is 25.8. The summed E-state index contributed by atoms with van der Waals surface area (Å²) in [5.41, 5.74) is 10.7. The molecule has 1 aromatic heterocycles. The summed E-state index contributed by atoms with van der Waals surface area (Å²) in [6, 6.07) is 20.0. The third kappa shape index (κ3) is 10.2. The molecule has 16 unspecified atom stereocenters. The van der Waals surface area contributed by atoms with E-state index in [1.165, 1.54) is 31.2 Å². The van der Waals surface area contributed by atoms with E-state index in [9.17, 15) is 35.4 Å². The summed E-state index contributed by atoms with van der Waals surface area (Å²) in [4.78, 5) is 32.3. The van der Waals surface area contributed by atoms with Crippen LogP contribution < -0.4 is 26.4 Å². The van der Waals surface area contributed by atoms with Gasteiger partial charge in [-0.15, -0.1) is 0 Å². The maximum Gasteiger partial charge on any atom is 0.160 e. The molecule has 12 N–H and O–H groups in total. The van der Waals surface area contributed by atoms with E-state index in [-0.39, 0.29) is 120 Å². The Bertz CT molecular complexity index is 3100. The number of Topliss-reactive ketones (excluding diaryl/α,β-unsaturated/α-hetero) is 2. The quantitative estimate of drug-likeness (QED) is 0.0418. The van der Waals surface area contributed by atoms with E-state index in [1.54, 1.807) is 12.1 Å². The van der Waals surface area contributed by atoms with E-state index in [0.29, 0.717) is 62.2 Å². The highest BCUT2D eigenvalue weighted by Crippen LogP contribution is 2.66. The van der Waals surface area contributed by atoms with Gasteiger partial charge in [-0.25, -0.2) is 0 Å². The summed E-state index contributed by atoms with van der Waals surface area (Å²) in [6.45, 7) is 4.38. The van der Waals surface area contributed by atoms with E-state index in [2.05, 4.69) is 88.4 Å². The number of H-pyrrole nitrogens is 1. The molecule has 80 heavy (non-hydrogen) atoms. The molecule has 1 saturated heterocycles. The Morgan fingerprint density at radius 1 is 0.912 bits per heavy atom. The summed E-state index contributed by atoms with van der Waals surface area (Å²) >= 11 is 0. The monoisotopic (exact) mass is 1090 g/mol. The van der Waals surface area contributed by atoms with E-state index < -0.39 is 35.9 Å². The van der Waals surface area contributed by atoms with Crippen LogP contribution in [0.3, 0.4) is 0 Å². The van der Waals surface area contributed by atoms with Crippen molar-refractivity contribution in [3.8, 4) is 23.3 Å². The van der Waals surface area contributed by atoms with Gasteiger partial charge in [0, 0.05) is 67.0 Å². The summed E-state index contributed by atoms with van der Waals surface area (Å²) in [7, 11) is 1.48.